The first kappa shape index (κ1) is 14.6. The first-order valence-corrected chi connectivity index (χ1v) is 8.09. The molecule has 0 saturated carbocycles. The van der Waals surface area contributed by atoms with E-state index in [4.69, 9.17) is 9.15 Å². The summed E-state index contributed by atoms with van der Waals surface area (Å²) in [7, 11) is 0. The molecule has 3 rings (SSSR count). The van der Waals surface area contributed by atoms with Gasteiger partial charge in [-0.15, -0.1) is 0 Å². The predicted octanol–water partition coefficient (Wildman–Crippen LogP) is 4.21. The molecule has 0 spiro atoms. The third kappa shape index (κ3) is 3.14. The molecule has 21 heavy (non-hydrogen) atoms. The number of hydrogen-bond acceptors (Lipinski definition) is 3. The number of hydrogen-bond donors (Lipinski definition) is 1. The van der Waals surface area contributed by atoms with E-state index in [1.807, 2.05) is 0 Å². The van der Waals surface area contributed by atoms with Crippen LogP contribution in [-0.2, 0) is 4.74 Å². The molecule has 1 saturated heterocycles. The molecule has 2 heterocycles. The Labute approximate surface area is 126 Å². The fraction of sp³-hybridized carbons (Fsp3) is 0.556. The van der Waals surface area contributed by atoms with Crippen LogP contribution in [-0.4, -0.2) is 19.8 Å². The summed E-state index contributed by atoms with van der Waals surface area (Å²) < 4.78 is 11.7. The van der Waals surface area contributed by atoms with Crippen molar-refractivity contribution in [3.63, 3.8) is 0 Å². The van der Waals surface area contributed by atoms with E-state index < -0.39 is 0 Å². The van der Waals surface area contributed by atoms with E-state index in [0.717, 1.165) is 50.4 Å². The smallest absolute Gasteiger partial charge is 0.137 e. The Hall–Kier alpha value is -1.32. The van der Waals surface area contributed by atoms with Crippen molar-refractivity contribution in [1.82, 2.24) is 5.32 Å². The largest absolute Gasteiger partial charge is 0.459 e. The fourth-order valence-corrected chi connectivity index (χ4v) is 3.23. The Kier molecular flexibility index (Phi) is 4.61. The molecule has 0 radical (unpaired) electrons. The summed E-state index contributed by atoms with van der Waals surface area (Å²) in [6.07, 6.45) is 3.35. The minimum atomic E-state index is 0.306. The number of furan rings is 1. The maximum Gasteiger partial charge on any atom is 0.137 e. The molecule has 1 aromatic heterocycles. The molecule has 3 nitrogen and oxygen atoms in total. The Morgan fingerprint density at radius 2 is 2.10 bits per heavy atom. The van der Waals surface area contributed by atoms with Crippen molar-refractivity contribution in [3.05, 3.63) is 35.6 Å². The summed E-state index contributed by atoms with van der Waals surface area (Å²) in [6, 6.07) is 8.86. The minimum Gasteiger partial charge on any atom is -0.459 e. The number of ether oxygens (including phenoxy) is 1. The molecule has 3 heteroatoms. The fourth-order valence-electron chi connectivity index (χ4n) is 3.23. The van der Waals surface area contributed by atoms with Crippen molar-refractivity contribution < 1.29 is 9.15 Å². The van der Waals surface area contributed by atoms with E-state index >= 15 is 0 Å². The average molecular weight is 287 g/mol. The van der Waals surface area contributed by atoms with Crippen LogP contribution in [0.2, 0.25) is 0 Å². The maximum atomic E-state index is 6.21. The summed E-state index contributed by atoms with van der Waals surface area (Å²) in [6.45, 7) is 7.08. The Bertz CT molecular complexity index is 584. The lowest BCUT2D eigenvalue weighted by Crippen LogP contribution is -2.32. The Morgan fingerprint density at radius 3 is 2.81 bits per heavy atom. The van der Waals surface area contributed by atoms with Crippen LogP contribution in [0.15, 0.2) is 28.7 Å². The first-order valence-electron chi connectivity index (χ1n) is 8.09. The van der Waals surface area contributed by atoms with Crippen LogP contribution in [0.1, 0.15) is 43.6 Å². The van der Waals surface area contributed by atoms with Crippen LogP contribution >= 0.6 is 0 Å². The van der Waals surface area contributed by atoms with Gasteiger partial charge in [0.2, 0.25) is 0 Å². The van der Waals surface area contributed by atoms with Crippen LogP contribution in [0.3, 0.4) is 0 Å². The number of para-hydroxylation sites is 1. The van der Waals surface area contributed by atoms with Crippen LogP contribution in [0.5, 0.6) is 0 Å². The van der Waals surface area contributed by atoms with E-state index in [0.29, 0.717) is 12.0 Å². The molecule has 1 aliphatic rings. The highest BCUT2D eigenvalue weighted by Gasteiger charge is 2.27. The molecule has 2 aromatic rings. The monoisotopic (exact) mass is 287 g/mol. The second-order valence-electron chi connectivity index (χ2n) is 6.02. The van der Waals surface area contributed by atoms with Gasteiger partial charge in [-0.3, -0.25) is 0 Å². The van der Waals surface area contributed by atoms with Gasteiger partial charge in [-0.05, 0) is 50.3 Å². The topological polar surface area (TPSA) is 34.4 Å². The van der Waals surface area contributed by atoms with E-state index in [-0.39, 0.29) is 0 Å². The van der Waals surface area contributed by atoms with E-state index in [2.05, 4.69) is 43.4 Å². The van der Waals surface area contributed by atoms with Gasteiger partial charge in [0.1, 0.15) is 11.3 Å². The Morgan fingerprint density at radius 1 is 1.29 bits per heavy atom. The zero-order valence-electron chi connectivity index (χ0n) is 13.0. The van der Waals surface area contributed by atoms with Gasteiger partial charge in [0, 0.05) is 18.6 Å². The highest BCUT2D eigenvalue weighted by Crippen LogP contribution is 2.34. The summed E-state index contributed by atoms with van der Waals surface area (Å²) in [5.41, 5.74) is 2.24. The number of aryl methyl sites for hydroxylation is 1. The number of nitrogens with one attached hydrogen (secondary N) is 1. The summed E-state index contributed by atoms with van der Waals surface area (Å²) in [4.78, 5) is 0. The molecule has 114 valence electrons. The highest BCUT2D eigenvalue weighted by atomic mass is 16.5. The molecule has 1 fully saturated rings. The normalized spacial score (nSPS) is 18.2. The van der Waals surface area contributed by atoms with Gasteiger partial charge in [-0.1, -0.05) is 25.1 Å². The van der Waals surface area contributed by atoms with E-state index in [1.165, 1.54) is 10.9 Å². The standard InChI is InChI=1S/C18H25NO2/c1-3-9-19-17(14-7-10-20-11-8-14)16-12-15-6-4-5-13(2)18(15)21-16/h4-6,12,14,17,19H,3,7-11H2,1-2H3. The lowest BCUT2D eigenvalue weighted by atomic mass is 9.90. The molecule has 1 unspecified atom stereocenters. The van der Waals surface area contributed by atoms with Crippen molar-refractivity contribution in [2.75, 3.05) is 19.8 Å². The second-order valence-corrected chi connectivity index (χ2v) is 6.02. The quantitative estimate of drug-likeness (QED) is 0.894. The van der Waals surface area contributed by atoms with Crippen LogP contribution in [0, 0.1) is 12.8 Å². The third-order valence-corrected chi connectivity index (χ3v) is 4.42. The maximum absolute atomic E-state index is 6.21. The van der Waals surface area contributed by atoms with Crippen molar-refractivity contribution in [1.29, 1.82) is 0 Å². The van der Waals surface area contributed by atoms with Gasteiger partial charge in [0.25, 0.3) is 0 Å². The zero-order valence-corrected chi connectivity index (χ0v) is 13.0. The molecular weight excluding hydrogens is 262 g/mol. The van der Waals surface area contributed by atoms with Crippen LogP contribution in [0.25, 0.3) is 11.0 Å². The van der Waals surface area contributed by atoms with Gasteiger partial charge < -0.3 is 14.5 Å². The molecule has 0 amide bonds. The predicted molar refractivity (Wildman–Crippen MR) is 85.5 cm³/mol. The van der Waals surface area contributed by atoms with Gasteiger partial charge in [-0.2, -0.15) is 0 Å². The number of fused-ring (bicyclic) bond motifs is 1. The van der Waals surface area contributed by atoms with Gasteiger partial charge in [0.15, 0.2) is 0 Å². The van der Waals surface area contributed by atoms with E-state index in [9.17, 15) is 0 Å². The SMILES string of the molecule is CCCNC(c1cc2cccc(C)c2o1)C1CCOCC1. The zero-order chi connectivity index (χ0) is 14.7. The van der Waals surface area contributed by atoms with Gasteiger partial charge in [-0.25, -0.2) is 0 Å². The molecule has 1 aliphatic heterocycles. The van der Waals surface area contributed by atoms with Gasteiger partial charge in [0.05, 0.1) is 6.04 Å². The third-order valence-electron chi connectivity index (χ3n) is 4.42. The average Bonchev–Trinajstić information content (AvgIpc) is 2.94. The lowest BCUT2D eigenvalue weighted by molar-refractivity contribution is 0.0509. The minimum absolute atomic E-state index is 0.306. The molecule has 1 aromatic carbocycles. The summed E-state index contributed by atoms with van der Waals surface area (Å²) in [5, 5.41) is 4.90. The highest BCUT2D eigenvalue weighted by molar-refractivity contribution is 5.81. The molecule has 0 aliphatic carbocycles. The number of rotatable bonds is 5. The van der Waals surface area contributed by atoms with Gasteiger partial charge >= 0.3 is 0 Å². The summed E-state index contributed by atoms with van der Waals surface area (Å²) >= 11 is 0. The summed E-state index contributed by atoms with van der Waals surface area (Å²) in [5.74, 6) is 1.69. The van der Waals surface area contributed by atoms with Crippen LogP contribution < -0.4 is 5.32 Å². The molecule has 1 atom stereocenters. The van der Waals surface area contributed by atoms with E-state index in [1.54, 1.807) is 0 Å². The van der Waals surface area contributed by atoms with Crippen LogP contribution in [0.4, 0.5) is 0 Å². The first-order chi connectivity index (χ1) is 10.3. The Balaban J connectivity index is 1.90. The van der Waals surface area contributed by atoms with Crippen molar-refractivity contribution in [2.24, 2.45) is 5.92 Å². The molecular formula is C18H25NO2. The lowest BCUT2D eigenvalue weighted by Gasteiger charge is -2.29. The second kappa shape index (κ2) is 6.63. The van der Waals surface area contributed by atoms with Crippen molar-refractivity contribution in [2.45, 2.75) is 39.2 Å². The number of benzene rings is 1. The molecule has 1 N–H and O–H groups in total. The van der Waals surface area contributed by atoms with Crippen molar-refractivity contribution in [3.8, 4) is 0 Å². The van der Waals surface area contributed by atoms with Crippen molar-refractivity contribution >= 4 is 11.0 Å². The molecule has 0 bridgehead atoms.